The van der Waals surface area contributed by atoms with E-state index in [4.69, 9.17) is 0 Å². The Balaban J connectivity index is 2.23. The van der Waals surface area contributed by atoms with E-state index in [2.05, 4.69) is 4.98 Å². The standard InChI is InChI=1S/C14H9F3N2OS/c1-8-7-21-13-18-12(11(6-20)19(8)13)9-3-2-4-10(5-9)14(15,16)17/h2-7H,1H3. The fourth-order valence-corrected chi connectivity index (χ4v) is 3.06. The smallest absolute Gasteiger partial charge is 0.296 e. The van der Waals surface area contributed by atoms with Crippen molar-refractivity contribution in [3.05, 3.63) is 46.6 Å². The van der Waals surface area contributed by atoms with Gasteiger partial charge in [-0.05, 0) is 19.1 Å². The van der Waals surface area contributed by atoms with Crippen molar-refractivity contribution in [3.8, 4) is 11.3 Å². The molecule has 108 valence electrons. The third kappa shape index (κ3) is 2.23. The van der Waals surface area contributed by atoms with Crippen molar-refractivity contribution >= 4 is 22.6 Å². The van der Waals surface area contributed by atoms with E-state index in [1.54, 1.807) is 4.40 Å². The van der Waals surface area contributed by atoms with Crippen LogP contribution in [0.25, 0.3) is 16.2 Å². The van der Waals surface area contributed by atoms with Crippen LogP contribution in [0.4, 0.5) is 13.2 Å². The third-order valence-electron chi connectivity index (χ3n) is 3.14. The summed E-state index contributed by atoms with van der Waals surface area (Å²) in [6.07, 6.45) is -3.81. The molecule has 0 bridgehead atoms. The number of hydrogen-bond acceptors (Lipinski definition) is 3. The fraction of sp³-hybridized carbons (Fsp3) is 0.143. The molecular weight excluding hydrogens is 301 g/mol. The summed E-state index contributed by atoms with van der Waals surface area (Å²) in [5.74, 6) is 0. The monoisotopic (exact) mass is 310 g/mol. The van der Waals surface area contributed by atoms with E-state index in [1.807, 2.05) is 12.3 Å². The molecule has 0 spiro atoms. The molecule has 0 aliphatic rings. The van der Waals surface area contributed by atoms with E-state index < -0.39 is 11.7 Å². The van der Waals surface area contributed by atoms with Crippen molar-refractivity contribution < 1.29 is 18.0 Å². The Morgan fingerprint density at radius 2 is 2.10 bits per heavy atom. The summed E-state index contributed by atoms with van der Waals surface area (Å²) in [4.78, 5) is 16.2. The molecule has 3 aromatic rings. The van der Waals surface area contributed by atoms with E-state index in [1.165, 1.54) is 23.5 Å². The number of carbonyl (C=O) groups excluding carboxylic acids is 1. The molecule has 3 nitrogen and oxygen atoms in total. The first-order chi connectivity index (χ1) is 9.91. The maximum atomic E-state index is 12.8. The molecule has 0 radical (unpaired) electrons. The predicted octanol–water partition coefficient (Wildman–Crippen LogP) is 4.20. The zero-order chi connectivity index (χ0) is 15.2. The number of benzene rings is 1. The minimum Gasteiger partial charge on any atom is -0.296 e. The molecule has 2 heterocycles. The summed E-state index contributed by atoms with van der Waals surface area (Å²) in [6.45, 7) is 1.81. The molecule has 7 heteroatoms. The van der Waals surface area contributed by atoms with Crippen LogP contribution in [-0.2, 0) is 6.18 Å². The van der Waals surface area contributed by atoms with Gasteiger partial charge in [0, 0.05) is 16.6 Å². The molecule has 0 atom stereocenters. The topological polar surface area (TPSA) is 34.4 Å². The molecule has 0 unspecified atom stereocenters. The molecule has 0 aliphatic heterocycles. The molecule has 21 heavy (non-hydrogen) atoms. The van der Waals surface area contributed by atoms with Crippen LogP contribution in [0, 0.1) is 6.92 Å². The second-order valence-corrected chi connectivity index (χ2v) is 5.37. The number of fused-ring (bicyclic) bond motifs is 1. The van der Waals surface area contributed by atoms with Gasteiger partial charge in [0.2, 0.25) is 0 Å². The number of halogens is 3. The summed E-state index contributed by atoms with van der Waals surface area (Å²) in [7, 11) is 0. The van der Waals surface area contributed by atoms with Crippen molar-refractivity contribution in [1.29, 1.82) is 0 Å². The second kappa shape index (κ2) is 4.70. The van der Waals surface area contributed by atoms with Crippen molar-refractivity contribution in [2.24, 2.45) is 0 Å². The number of nitrogens with zero attached hydrogens (tertiary/aromatic N) is 2. The molecule has 0 N–H and O–H groups in total. The van der Waals surface area contributed by atoms with Gasteiger partial charge in [0.25, 0.3) is 0 Å². The Kier molecular flexibility index (Phi) is 3.09. The van der Waals surface area contributed by atoms with Gasteiger partial charge in [-0.25, -0.2) is 4.98 Å². The lowest BCUT2D eigenvalue weighted by molar-refractivity contribution is -0.137. The molecule has 0 amide bonds. The van der Waals surface area contributed by atoms with E-state index in [0.717, 1.165) is 17.8 Å². The van der Waals surface area contributed by atoms with Crippen LogP contribution in [0.3, 0.4) is 0 Å². The molecule has 0 saturated heterocycles. The summed E-state index contributed by atoms with van der Waals surface area (Å²) in [5, 5.41) is 1.84. The summed E-state index contributed by atoms with van der Waals surface area (Å²) in [5.41, 5.74) is 0.879. The molecule has 0 saturated carbocycles. The highest BCUT2D eigenvalue weighted by molar-refractivity contribution is 7.15. The van der Waals surface area contributed by atoms with Gasteiger partial charge in [0.05, 0.1) is 5.56 Å². The third-order valence-corrected chi connectivity index (χ3v) is 4.09. The van der Waals surface area contributed by atoms with Crippen LogP contribution in [0.5, 0.6) is 0 Å². The number of carbonyl (C=O) groups is 1. The van der Waals surface area contributed by atoms with Gasteiger partial charge in [-0.2, -0.15) is 13.2 Å². The molecule has 3 rings (SSSR count). The first-order valence-electron chi connectivity index (χ1n) is 6.01. The zero-order valence-electron chi connectivity index (χ0n) is 10.8. The summed E-state index contributed by atoms with van der Waals surface area (Å²) < 4.78 is 40.0. The number of aromatic nitrogens is 2. The molecular formula is C14H9F3N2OS. The lowest BCUT2D eigenvalue weighted by atomic mass is 10.1. The quantitative estimate of drug-likeness (QED) is 0.665. The average molecular weight is 310 g/mol. The van der Waals surface area contributed by atoms with Crippen LogP contribution in [0.2, 0.25) is 0 Å². The fourth-order valence-electron chi connectivity index (χ4n) is 2.19. The molecule has 0 aliphatic carbocycles. The Morgan fingerprint density at radius 3 is 2.76 bits per heavy atom. The van der Waals surface area contributed by atoms with Crippen LogP contribution in [0.15, 0.2) is 29.6 Å². The van der Waals surface area contributed by atoms with Gasteiger partial charge >= 0.3 is 6.18 Å². The van der Waals surface area contributed by atoms with Gasteiger partial charge in [-0.15, -0.1) is 11.3 Å². The number of aldehydes is 1. The van der Waals surface area contributed by atoms with Crippen molar-refractivity contribution in [3.63, 3.8) is 0 Å². The van der Waals surface area contributed by atoms with Crippen molar-refractivity contribution in [2.75, 3.05) is 0 Å². The van der Waals surface area contributed by atoms with E-state index >= 15 is 0 Å². The van der Waals surface area contributed by atoms with Crippen molar-refractivity contribution in [1.82, 2.24) is 9.38 Å². The molecule has 0 fully saturated rings. The van der Waals surface area contributed by atoms with Crippen LogP contribution in [0.1, 0.15) is 21.7 Å². The number of rotatable bonds is 2. The van der Waals surface area contributed by atoms with Crippen LogP contribution in [-0.4, -0.2) is 15.7 Å². The number of hydrogen-bond donors (Lipinski definition) is 0. The Labute approximate surface area is 121 Å². The van der Waals surface area contributed by atoms with E-state index in [9.17, 15) is 18.0 Å². The largest absolute Gasteiger partial charge is 0.416 e. The highest BCUT2D eigenvalue weighted by Gasteiger charge is 2.31. The van der Waals surface area contributed by atoms with Crippen LogP contribution < -0.4 is 0 Å². The van der Waals surface area contributed by atoms with Gasteiger partial charge < -0.3 is 0 Å². The summed E-state index contributed by atoms with van der Waals surface area (Å²) in [6, 6.07) is 4.83. The first-order valence-corrected chi connectivity index (χ1v) is 6.89. The van der Waals surface area contributed by atoms with Crippen molar-refractivity contribution in [2.45, 2.75) is 13.1 Å². The lowest BCUT2D eigenvalue weighted by Crippen LogP contribution is -2.04. The van der Waals surface area contributed by atoms with Gasteiger partial charge in [0.15, 0.2) is 11.2 Å². The van der Waals surface area contributed by atoms with Gasteiger partial charge in [-0.3, -0.25) is 9.20 Å². The number of alkyl halides is 3. The second-order valence-electron chi connectivity index (χ2n) is 4.54. The summed E-state index contributed by atoms with van der Waals surface area (Å²) >= 11 is 1.34. The Hall–Kier alpha value is -2.15. The maximum absolute atomic E-state index is 12.8. The lowest BCUT2D eigenvalue weighted by Gasteiger charge is -2.07. The highest BCUT2D eigenvalue weighted by atomic mass is 32.1. The van der Waals surface area contributed by atoms with Gasteiger partial charge in [0.1, 0.15) is 11.4 Å². The number of imidazole rings is 1. The number of thiazole rings is 1. The van der Waals surface area contributed by atoms with Gasteiger partial charge in [-0.1, -0.05) is 12.1 Å². The Morgan fingerprint density at radius 1 is 1.33 bits per heavy atom. The minimum atomic E-state index is -4.43. The number of aryl methyl sites for hydroxylation is 1. The molecule has 1 aromatic carbocycles. The molecule has 2 aromatic heterocycles. The first kappa shape index (κ1) is 13.8. The zero-order valence-corrected chi connectivity index (χ0v) is 11.6. The SMILES string of the molecule is Cc1csc2nc(-c3cccc(C(F)(F)F)c3)c(C=O)n12. The van der Waals surface area contributed by atoms with E-state index in [-0.39, 0.29) is 17.0 Å². The normalized spacial score (nSPS) is 12.0. The predicted molar refractivity (Wildman–Crippen MR) is 73.6 cm³/mol. The van der Waals surface area contributed by atoms with Crippen LogP contribution >= 0.6 is 11.3 Å². The Bertz CT molecular complexity index is 832. The average Bonchev–Trinajstić information content (AvgIpc) is 2.98. The maximum Gasteiger partial charge on any atom is 0.416 e. The highest BCUT2D eigenvalue weighted by Crippen LogP contribution is 2.33. The van der Waals surface area contributed by atoms with E-state index in [0.29, 0.717) is 11.2 Å². The minimum absolute atomic E-state index is 0.267.